The Hall–Kier alpha value is -3.97. The molecule has 1 aromatic carbocycles. The Kier molecular flexibility index (Phi) is 7.97. The summed E-state index contributed by atoms with van der Waals surface area (Å²) in [6.45, 7) is 6.94. The number of benzene rings is 1. The van der Waals surface area contributed by atoms with Crippen LogP contribution in [0.25, 0.3) is 11.1 Å². The number of anilines is 2. The monoisotopic (exact) mass is 526 g/mol. The van der Waals surface area contributed by atoms with E-state index in [0.717, 1.165) is 24.9 Å². The molecule has 2 aromatic heterocycles. The van der Waals surface area contributed by atoms with Crippen LogP contribution >= 0.6 is 0 Å². The number of aromatic nitrogens is 2. The quantitative estimate of drug-likeness (QED) is 0.341. The third kappa shape index (κ3) is 5.94. The zero-order valence-corrected chi connectivity index (χ0v) is 21.1. The number of carbonyl (C=O) groups is 1. The highest BCUT2D eigenvalue weighted by Crippen LogP contribution is 2.34. The first-order chi connectivity index (χ1) is 18.1. The maximum absolute atomic E-state index is 14.9. The Morgan fingerprint density at radius 3 is 2.58 bits per heavy atom. The SMILES string of the molecule is CC#Cc1ncc(-c2cc(NC(=O)c3ccnc(C(C)C(F)(F)F)c3)c(F)cc2C)cc1N1CCOCC1. The van der Waals surface area contributed by atoms with Crippen molar-refractivity contribution in [2.75, 3.05) is 36.5 Å². The number of alkyl halides is 3. The lowest BCUT2D eigenvalue weighted by Gasteiger charge is -2.29. The minimum atomic E-state index is -4.51. The first-order valence-corrected chi connectivity index (χ1v) is 12.0. The molecule has 6 nitrogen and oxygen atoms in total. The third-order valence-corrected chi connectivity index (χ3v) is 6.31. The van der Waals surface area contributed by atoms with Crippen LogP contribution in [0.5, 0.6) is 0 Å². The summed E-state index contributed by atoms with van der Waals surface area (Å²) in [5.74, 6) is 2.61. The van der Waals surface area contributed by atoms with E-state index in [9.17, 15) is 22.4 Å². The molecular formula is C28H26F4N4O2. The van der Waals surface area contributed by atoms with Crippen molar-refractivity contribution in [1.29, 1.82) is 0 Å². The topological polar surface area (TPSA) is 67.4 Å². The van der Waals surface area contributed by atoms with Gasteiger partial charge < -0.3 is 15.0 Å². The Labute approximate surface area is 218 Å². The van der Waals surface area contributed by atoms with Crippen LogP contribution in [0.15, 0.2) is 42.7 Å². The molecule has 1 aliphatic heterocycles. The van der Waals surface area contributed by atoms with Gasteiger partial charge in [-0.2, -0.15) is 13.2 Å². The Morgan fingerprint density at radius 2 is 1.89 bits per heavy atom. The predicted octanol–water partition coefficient (Wildman–Crippen LogP) is 5.72. The van der Waals surface area contributed by atoms with Gasteiger partial charge >= 0.3 is 6.18 Å². The smallest absolute Gasteiger partial charge is 0.378 e. The van der Waals surface area contributed by atoms with Crippen molar-refractivity contribution < 1.29 is 27.1 Å². The number of rotatable bonds is 5. The van der Waals surface area contributed by atoms with Gasteiger partial charge in [0.05, 0.1) is 36.2 Å². The van der Waals surface area contributed by atoms with Gasteiger partial charge in [-0.1, -0.05) is 5.92 Å². The molecule has 3 heterocycles. The molecule has 38 heavy (non-hydrogen) atoms. The average molecular weight is 527 g/mol. The van der Waals surface area contributed by atoms with Gasteiger partial charge in [0.25, 0.3) is 5.91 Å². The van der Waals surface area contributed by atoms with Crippen molar-refractivity contribution in [3.05, 3.63) is 71.1 Å². The van der Waals surface area contributed by atoms with Crippen molar-refractivity contribution >= 4 is 17.3 Å². The summed E-state index contributed by atoms with van der Waals surface area (Å²) in [6.07, 6.45) is -1.74. The molecule has 10 heteroatoms. The van der Waals surface area contributed by atoms with E-state index >= 15 is 0 Å². The van der Waals surface area contributed by atoms with E-state index in [0.29, 0.717) is 48.7 Å². The van der Waals surface area contributed by atoms with E-state index in [1.807, 2.05) is 6.07 Å². The molecule has 0 saturated carbocycles. The molecule has 1 saturated heterocycles. The summed E-state index contributed by atoms with van der Waals surface area (Å²) < 4.78 is 59.7. The van der Waals surface area contributed by atoms with Gasteiger partial charge in [0.15, 0.2) is 0 Å². The summed E-state index contributed by atoms with van der Waals surface area (Å²) in [6, 6.07) is 7.06. The van der Waals surface area contributed by atoms with Crippen LogP contribution in [-0.2, 0) is 4.74 Å². The maximum atomic E-state index is 14.9. The molecule has 198 valence electrons. The number of ether oxygens (including phenoxy) is 1. The highest BCUT2D eigenvalue weighted by Gasteiger charge is 2.38. The minimum absolute atomic E-state index is 0.0635. The molecule has 0 aliphatic carbocycles. The predicted molar refractivity (Wildman–Crippen MR) is 137 cm³/mol. The fourth-order valence-corrected chi connectivity index (χ4v) is 4.13. The Balaban J connectivity index is 1.66. The van der Waals surface area contributed by atoms with Crippen LogP contribution in [0.1, 0.15) is 47.1 Å². The number of hydrogen-bond donors (Lipinski definition) is 1. The van der Waals surface area contributed by atoms with E-state index in [1.54, 1.807) is 20.0 Å². The van der Waals surface area contributed by atoms with Crippen molar-refractivity contribution in [2.24, 2.45) is 0 Å². The molecule has 1 unspecified atom stereocenters. The molecule has 1 fully saturated rings. The van der Waals surface area contributed by atoms with E-state index in [4.69, 9.17) is 4.74 Å². The molecule has 0 spiro atoms. The van der Waals surface area contributed by atoms with Crippen LogP contribution in [-0.4, -0.2) is 48.4 Å². The van der Waals surface area contributed by atoms with Gasteiger partial charge in [-0.25, -0.2) is 9.37 Å². The molecule has 4 rings (SSSR count). The van der Waals surface area contributed by atoms with Gasteiger partial charge in [0, 0.05) is 36.6 Å². The molecule has 1 N–H and O–H groups in total. The van der Waals surface area contributed by atoms with Gasteiger partial charge in [-0.05, 0) is 68.2 Å². The third-order valence-electron chi connectivity index (χ3n) is 6.31. The number of aryl methyl sites for hydroxylation is 1. The summed E-state index contributed by atoms with van der Waals surface area (Å²) in [4.78, 5) is 23.3. The number of amides is 1. The fourth-order valence-electron chi connectivity index (χ4n) is 4.13. The highest BCUT2D eigenvalue weighted by molar-refractivity contribution is 6.04. The molecule has 1 amide bonds. The van der Waals surface area contributed by atoms with Crippen LogP contribution in [0.4, 0.5) is 28.9 Å². The van der Waals surface area contributed by atoms with Crippen molar-refractivity contribution in [3.63, 3.8) is 0 Å². The standard InChI is InChI=1S/C28H26F4N4O2/c1-4-5-23-26(36-8-10-38-11-9-36)14-20(16-34-23)21-15-25(22(29)12-17(21)2)35-27(37)19-6-7-33-24(13-19)18(3)28(30,31)32/h6-7,12-16,18H,8-11H2,1-3H3,(H,35,37). The number of hydrogen-bond acceptors (Lipinski definition) is 5. The van der Waals surface area contributed by atoms with Crippen molar-refractivity contribution in [3.8, 4) is 23.0 Å². The van der Waals surface area contributed by atoms with E-state index < -0.39 is 23.8 Å². The van der Waals surface area contributed by atoms with Gasteiger partial charge in [0.1, 0.15) is 11.5 Å². The normalized spacial score (nSPS) is 14.4. The number of pyridine rings is 2. The Morgan fingerprint density at radius 1 is 1.16 bits per heavy atom. The number of nitrogens with zero attached hydrogens (tertiary/aromatic N) is 3. The second-order valence-electron chi connectivity index (χ2n) is 8.90. The first kappa shape index (κ1) is 27.1. The van der Waals surface area contributed by atoms with Crippen LogP contribution in [0.2, 0.25) is 0 Å². The maximum Gasteiger partial charge on any atom is 0.396 e. The largest absolute Gasteiger partial charge is 0.396 e. The van der Waals surface area contributed by atoms with Crippen molar-refractivity contribution in [2.45, 2.75) is 32.9 Å². The van der Waals surface area contributed by atoms with Crippen LogP contribution in [0, 0.1) is 24.6 Å². The molecule has 1 atom stereocenters. The van der Waals surface area contributed by atoms with E-state index in [-0.39, 0.29) is 16.9 Å². The lowest BCUT2D eigenvalue weighted by atomic mass is 9.99. The summed E-state index contributed by atoms with van der Waals surface area (Å²) in [5.41, 5.74) is 2.94. The molecule has 1 aliphatic rings. The fraction of sp³-hybridized carbons (Fsp3) is 0.321. The minimum Gasteiger partial charge on any atom is -0.378 e. The molecular weight excluding hydrogens is 500 g/mol. The second-order valence-corrected chi connectivity index (χ2v) is 8.90. The number of halogens is 4. The van der Waals surface area contributed by atoms with Gasteiger partial charge in [0.2, 0.25) is 0 Å². The van der Waals surface area contributed by atoms with Crippen LogP contribution < -0.4 is 10.2 Å². The van der Waals surface area contributed by atoms with Crippen LogP contribution in [0.3, 0.4) is 0 Å². The summed E-state index contributed by atoms with van der Waals surface area (Å²) in [5, 5.41) is 2.49. The zero-order valence-electron chi connectivity index (χ0n) is 21.1. The number of carbonyl (C=O) groups excluding carboxylic acids is 1. The average Bonchev–Trinajstić information content (AvgIpc) is 2.90. The lowest BCUT2D eigenvalue weighted by molar-refractivity contribution is -0.147. The Bertz CT molecular complexity index is 1410. The van der Waals surface area contributed by atoms with E-state index in [1.165, 1.54) is 18.2 Å². The lowest BCUT2D eigenvalue weighted by Crippen LogP contribution is -2.36. The van der Waals surface area contributed by atoms with Gasteiger partial charge in [-0.15, -0.1) is 0 Å². The second kappa shape index (κ2) is 11.2. The number of morpholine rings is 1. The molecule has 0 radical (unpaired) electrons. The molecule has 0 bridgehead atoms. The summed E-state index contributed by atoms with van der Waals surface area (Å²) in [7, 11) is 0. The molecule has 3 aromatic rings. The zero-order chi connectivity index (χ0) is 27.4. The highest BCUT2D eigenvalue weighted by atomic mass is 19.4. The van der Waals surface area contributed by atoms with Crippen molar-refractivity contribution in [1.82, 2.24) is 9.97 Å². The van der Waals surface area contributed by atoms with Gasteiger partial charge in [-0.3, -0.25) is 9.78 Å². The number of nitrogens with one attached hydrogen (secondary N) is 1. The van der Waals surface area contributed by atoms with E-state index in [2.05, 4.69) is 32.0 Å². The summed E-state index contributed by atoms with van der Waals surface area (Å²) >= 11 is 0. The first-order valence-electron chi connectivity index (χ1n) is 12.0.